The highest BCUT2D eigenvalue weighted by Crippen LogP contribution is 2.40. The van der Waals surface area contributed by atoms with E-state index in [9.17, 15) is 18.3 Å². The van der Waals surface area contributed by atoms with Crippen LogP contribution in [0.15, 0.2) is 41.0 Å². The first-order valence-corrected chi connectivity index (χ1v) is 8.69. The van der Waals surface area contributed by atoms with Crippen molar-refractivity contribution in [3.05, 3.63) is 42.0 Å². The van der Waals surface area contributed by atoms with Crippen molar-refractivity contribution in [1.29, 1.82) is 0 Å². The number of aliphatic hydroxyl groups is 1. The van der Waals surface area contributed by atoms with Gasteiger partial charge in [0, 0.05) is 13.1 Å². The Labute approximate surface area is 153 Å². The zero-order valence-corrected chi connectivity index (χ0v) is 14.6. The third kappa shape index (κ3) is 3.03. The molecule has 0 bridgehead atoms. The molecule has 0 amide bonds. The summed E-state index contributed by atoms with van der Waals surface area (Å²) in [4.78, 5) is 2.17. The zero-order chi connectivity index (χ0) is 19.2. The van der Waals surface area contributed by atoms with E-state index in [0.717, 1.165) is 38.5 Å². The summed E-state index contributed by atoms with van der Waals surface area (Å²) >= 11 is 0. The van der Waals surface area contributed by atoms with Crippen molar-refractivity contribution in [3.63, 3.8) is 0 Å². The normalized spacial score (nSPS) is 17.4. The summed E-state index contributed by atoms with van der Waals surface area (Å²) in [5, 5.41) is 17.9. The second kappa shape index (κ2) is 6.23. The largest absolute Gasteiger partial charge is 0.421 e. The average Bonchev–Trinajstić information content (AvgIpc) is 3.31. The first kappa shape index (κ1) is 17.8. The third-order valence-corrected chi connectivity index (χ3v) is 5.10. The minimum absolute atomic E-state index is 0.214. The number of hydrogen-bond donors (Lipinski definition) is 1. The van der Waals surface area contributed by atoms with E-state index in [-0.39, 0.29) is 5.56 Å². The maximum Gasteiger partial charge on any atom is 0.421 e. The molecular weight excluding hydrogens is 359 g/mol. The molecule has 27 heavy (non-hydrogen) atoms. The topological polar surface area (TPSA) is 62.4 Å². The van der Waals surface area contributed by atoms with Crippen LogP contribution in [0.5, 0.6) is 0 Å². The van der Waals surface area contributed by atoms with Crippen molar-refractivity contribution < 1.29 is 22.9 Å². The SMILES string of the molecule is CC(O)(c1cccc(-c2cc(N3CCCC3)c3nonc3c2)c1)C(F)(F)F. The first-order valence-electron chi connectivity index (χ1n) is 8.69. The van der Waals surface area contributed by atoms with Crippen LogP contribution >= 0.6 is 0 Å². The molecule has 0 spiro atoms. The Morgan fingerprint density at radius 3 is 2.48 bits per heavy atom. The van der Waals surface area contributed by atoms with Gasteiger partial charge >= 0.3 is 6.18 Å². The molecule has 0 saturated carbocycles. The second-order valence-corrected chi connectivity index (χ2v) is 6.97. The van der Waals surface area contributed by atoms with Crippen LogP contribution in [0.3, 0.4) is 0 Å². The van der Waals surface area contributed by atoms with Gasteiger partial charge in [0.1, 0.15) is 5.52 Å². The maximum atomic E-state index is 13.2. The standard InChI is InChI=1S/C19H18F3N3O2/c1-18(26,19(20,21)22)14-6-4-5-12(9-14)13-10-15-17(24-27-23-15)16(11-13)25-7-2-3-8-25/h4-6,9-11,26H,2-3,7-8H2,1H3. The fraction of sp³-hybridized carbons (Fsp3) is 0.368. The molecule has 8 heteroatoms. The smallest absolute Gasteiger partial charge is 0.376 e. The Balaban J connectivity index is 1.82. The van der Waals surface area contributed by atoms with Gasteiger partial charge in [-0.15, -0.1) is 0 Å². The zero-order valence-electron chi connectivity index (χ0n) is 14.6. The van der Waals surface area contributed by atoms with E-state index < -0.39 is 11.8 Å². The Morgan fingerprint density at radius 1 is 1.04 bits per heavy atom. The molecular formula is C19H18F3N3O2. The Kier molecular flexibility index (Phi) is 4.10. The van der Waals surface area contributed by atoms with Crippen molar-refractivity contribution in [2.24, 2.45) is 0 Å². The predicted molar refractivity (Wildman–Crippen MR) is 94.3 cm³/mol. The first-order chi connectivity index (χ1) is 12.8. The number of alkyl halides is 3. The minimum atomic E-state index is -4.77. The van der Waals surface area contributed by atoms with E-state index in [2.05, 4.69) is 15.2 Å². The summed E-state index contributed by atoms with van der Waals surface area (Å²) in [6, 6.07) is 9.46. The molecule has 0 radical (unpaired) electrons. The summed E-state index contributed by atoms with van der Waals surface area (Å²) in [6.07, 6.45) is -2.63. The monoisotopic (exact) mass is 377 g/mol. The van der Waals surface area contributed by atoms with Gasteiger partial charge in [-0.2, -0.15) is 13.2 Å². The van der Waals surface area contributed by atoms with Crippen molar-refractivity contribution in [3.8, 4) is 11.1 Å². The Bertz CT molecular complexity index is 976. The molecule has 142 valence electrons. The van der Waals surface area contributed by atoms with E-state index >= 15 is 0 Å². The molecule has 1 atom stereocenters. The molecule has 2 aromatic carbocycles. The number of halogens is 3. The maximum absolute atomic E-state index is 13.2. The summed E-state index contributed by atoms with van der Waals surface area (Å²) in [5.41, 5.74) is 0.145. The van der Waals surface area contributed by atoms with Crippen LogP contribution in [0.25, 0.3) is 22.2 Å². The molecule has 1 unspecified atom stereocenters. The lowest BCUT2D eigenvalue weighted by Gasteiger charge is -2.27. The van der Waals surface area contributed by atoms with Gasteiger partial charge in [-0.1, -0.05) is 18.2 Å². The van der Waals surface area contributed by atoms with E-state index in [1.54, 1.807) is 12.1 Å². The van der Waals surface area contributed by atoms with E-state index in [1.165, 1.54) is 18.2 Å². The van der Waals surface area contributed by atoms with Crippen LogP contribution < -0.4 is 4.90 Å². The van der Waals surface area contributed by atoms with Crippen molar-refractivity contribution in [2.45, 2.75) is 31.5 Å². The second-order valence-electron chi connectivity index (χ2n) is 6.97. The fourth-order valence-corrected chi connectivity index (χ4v) is 3.40. The number of hydrogen-bond acceptors (Lipinski definition) is 5. The number of aromatic nitrogens is 2. The molecule has 0 aliphatic carbocycles. The van der Waals surface area contributed by atoms with Crippen LogP contribution in [0, 0.1) is 0 Å². The lowest BCUT2D eigenvalue weighted by molar-refractivity contribution is -0.258. The summed E-state index contributed by atoms with van der Waals surface area (Å²) in [6.45, 7) is 2.52. The molecule has 1 aromatic heterocycles. The van der Waals surface area contributed by atoms with Crippen molar-refractivity contribution in [2.75, 3.05) is 18.0 Å². The molecule has 5 nitrogen and oxygen atoms in total. The summed E-state index contributed by atoms with van der Waals surface area (Å²) < 4.78 is 44.5. The van der Waals surface area contributed by atoms with Gasteiger partial charge in [-0.25, -0.2) is 4.63 Å². The molecule has 1 aliphatic rings. The number of nitrogens with zero attached hydrogens (tertiary/aromatic N) is 3. The molecule has 1 aliphatic heterocycles. The van der Waals surface area contributed by atoms with Crippen LogP contribution in [-0.4, -0.2) is 34.7 Å². The van der Waals surface area contributed by atoms with Crippen LogP contribution in [0.1, 0.15) is 25.3 Å². The number of fused-ring (bicyclic) bond motifs is 1. The van der Waals surface area contributed by atoms with Gasteiger partial charge in [0.05, 0.1) is 5.69 Å². The summed E-state index contributed by atoms with van der Waals surface area (Å²) in [5.74, 6) is 0. The molecule has 1 saturated heterocycles. The number of anilines is 1. The van der Waals surface area contributed by atoms with Gasteiger partial charge in [0.25, 0.3) is 0 Å². The number of benzene rings is 2. The highest BCUT2D eigenvalue weighted by molar-refractivity contribution is 5.92. The highest BCUT2D eigenvalue weighted by Gasteiger charge is 2.51. The predicted octanol–water partition coefficient (Wildman–Crippen LogP) is 4.26. The molecule has 2 heterocycles. The summed E-state index contributed by atoms with van der Waals surface area (Å²) in [7, 11) is 0. The van der Waals surface area contributed by atoms with Crippen molar-refractivity contribution in [1.82, 2.24) is 10.3 Å². The molecule has 3 aromatic rings. The van der Waals surface area contributed by atoms with Crippen molar-refractivity contribution >= 4 is 16.7 Å². The minimum Gasteiger partial charge on any atom is -0.376 e. The lowest BCUT2D eigenvalue weighted by atomic mass is 9.92. The third-order valence-electron chi connectivity index (χ3n) is 5.10. The van der Waals surface area contributed by atoms with E-state index in [1.807, 2.05) is 6.07 Å². The fourth-order valence-electron chi connectivity index (χ4n) is 3.40. The molecule has 1 N–H and O–H groups in total. The lowest BCUT2D eigenvalue weighted by Crippen LogP contribution is -2.39. The van der Waals surface area contributed by atoms with E-state index in [0.29, 0.717) is 22.2 Å². The van der Waals surface area contributed by atoms with Gasteiger partial charge in [0.15, 0.2) is 11.1 Å². The quantitative estimate of drug-likeness (QED) is 0.739. The van der Waals surface area contributed by atoms with E-state index in [4.69, 9.17) is 4.63 Å². The molecule has 1 fully saturated rings. The Hall–Kier alpha value is -2.61. The number of rotatable bonds is 3. The van der Waals surface area contributed by atoms with Gasteiger partial charge < -0.3 is 10.0 Å². The molecule has 4 rings (SSSR count). The Morgan fingerprint density at radius 2 is 1.78 bits per heavy atom. The average molecular weight is 377 g/mol. The van der Waals surface area contributed by atoms with Crippen LogP contribution in [0.4, 0.5) is 18.9 Å². The highest BCUT2D eigenvalue weighted by atomic mass is 19.4. The van der Waals surface area contributed by atoms with Gasteiger partial charge in [-0.05, 0) is 65.0 Å². The van der Waals surface area contributed by atoms with Crippen LogP contribution in [-0.2, 0) is 5.60 Å². The van der Waals surface area contributed by atoms with Gasteiger partial charge in [-0.3, -0.25) is 0 Å². The van der Waals surface area contributed by atoms with Crippen LogP contribution in [0.2, 0.25) is 0 Å². The van der Waals surface area contributed by atoms with Gasteiger partial charge in [0.2, 0.25) is 0 Å².